The Bertz CT molecular complexity index is 757. The molecular weight excluding hydrogens is 360 g/mol. The van der Waals surface area contributed by atoms with Crippen molar-refractivity contribution in [3.63, 3.8) is 0 Å². The van der Waals surface area contributed by atoms with Crippen molar-refractivity contribution < 1.29 is 9.53 Å². The number of benzene rings is 2. The Balaban J connectivity index is 1.63. The van der Waals surface area contributed by atoms with Crippen LogP contribution in [0, 0.1) is 5.92 Å². The first-order valence-electron chi connectivity index (χ1n) is 9.58. The van der Waals surface area contributed by atoms with Gasteiger partial charge in [0, 0.05) is 23.7 Å². The van der Waals surface area contributed by atoms with Crippen molar-refractivity contribution in [1.29, 1.82) is 0 Å². The van der Waals surface area contributed by atoms with E-state index in [4.69, 9.17) is 16.3 Å². The molecule has 0 bridgehead atoms. The van der Waals surface area contributed by atoms with Crippen molar-refractivity contribution in [2.24, 2.45) is 5.92 Å². The number of piperidine rings is 1. The normalized spacial score (nSPS) is 15.0. The summed E-state index contributed by atoms with van der Waals surface area (Å²) in [6.07, 6.45) is 3.31. The van der Waals surface area contributed by atoms with Gasteiger partial charge in [-0.25, -0.2) is 0 Å². The van der Waals surface area contributed by atoms with Crippen molar-refractivity contribution in [3.05, 3.63) is 64.7 Å². The minimum Gasteiger partial charge on any atom is -0.488 e. The number of hydrogen-bond acceptors (Lipinski definition) is 3. The number of halogens is 1. The summed E-state index contributed by atoms with van der Waals surface area (Å²) in [5, 5.41) is 3.88. The number of nitrogens with one attached hydrogen (secondary N) is 1. The predicted octanol–water partition coefficient (Wildman–Crippen LogP) is 4.38. The standard InChI is InChI=1S/C22H27ClN2O2/c1-24-13-10-17-11-14-25(15-12-17)22(26)19-7-3-5-9-21(19)27-16-18-6-2-4-8-20(18)23/h2-9,17,24H,10-16H2,1H3. The third-order valence-electron chi connectivity index (χ3n) is 5.16. The van der Waals surface area contributed by atoms with E-state index in [9.17, 15) is 4.79 Å². The number of likely N-dealkylation sites (tertiary alicyclic amines) is 1. The van der Waals surface area contributed by atoms with Crippen LogP contribution < -0.4 is 10.1 Å². The van der Waals surface area contributed by atoms with Crippen LogP contribution in [0.4, 0.5) is 0 Å². The molecule has 144 valence electrons. The quantitative estimate of drug-likeness (QED) is 0.767. The van der Waals surface area contributed by atoms with Gasteiger partial charge in [0.2, 0.25) is 0 Å². The molecule has 0 aliphatic carbocycles. The highest BCUT2D eigenvalue weighted by molar-refractivity contribution is 6.31. The Morgan fingerprint density at radius 2 is 1.85 bits per heavy atom. The summed E-state index contributed by atoms with van der Waals surface area (Å²) < 4.78 is 5.95. The highest BCUT2D eigenvalue weighted by Crippen LogP contribution is 2.26. The zero-order chi connectivity index (χ0) is 19.1. The summed E-state index contributed by atoms with van der Waals surface area (Å²) >= 11 is 6.20. The van der Waals surface area contributed by atoms with E-state index < -0.39 is 0 Å². The van der Waals surface area contributed by atoms with Gasteiger partial charge in [-0.2, -0.15) is 0 Å². The third kappa shape index (κ3) is 5.24. The minimum atomic E-state index is 0.0526. The van der Waals surface area contributed by atoms with Crippen molar-refractivity contribution in [2.45, 2.75) is 25.9 Å². The summed E-state index contributed by atoms with van der Waals surface area (Å²) in [5.41, 5.74) is 1.53. The fraction of sp³-hybridized carbons (Fsp3) is 0.409. The van der Waals surface area contributed by atoms with E-state index in [0.29, 0.717) is 28.9 Å². The zero-order valence-electron chi connectivity index (χ0n) is 15.8. The second-order valence-electron chi connectivity index (χ2n) is 7.00. The molecule has 0 unspecified atom stereocenters. The summed E-state index contributed by atoms with van der Waals surface area (Å²) in [6.45, 7) is 3.01. The van der Waals surface area contributed by atoms with Crippen molar-refractivity contribution >= 4 is 17.5 Å². The van der Waals surface area contributed by atoms with Crippen molar-refractivity contribution in [2.75, 3.05) is 26.7 Å². The SMILES string of the molecule is CNCCC1CCN(C(=O)c2ccccc2OCc2ccccc2Cl)CC1. The van der Waals surface area contributed by atoms with Gasteiger partial charge in [-0.1, -0.05) is 41.9 Å². The molecule has 2 aromatic carbocycles. The van der Waals surface area contributed by atoms with Gasteiger partial charge in [0.15, 0.2) is 0 Å². The Labute approximate surface area is 166 Å². The molecule has 1 aliphatic rings. The van der Waals surface area contributed by atoms with Crippen LogP contribution in [-0.4, -0.2) is 37.5 Å². The molecule has 3 rings (SSSR count). The van der Waals surface area contributed by atoms with Crippen LogP contribution in [0.5, 0.6) is 5.75 Å². The maximum absolute atomic E-state index is 13.0. The first-order chi connectivity index (χ1) is 13.2. The molecule has 0 spiro atoms. The van der Waals surface area contributed by atoms with E-state index in [2.05, 4.69) is 5.32 Å². The maximum Gasteiger partial charge on any atom is 0.257 e. The third-order valence-corrected chi connectivity index (χ3v) is 5.53. The fourth-order valence-corrected chi connectivity index (χ4v) is 3.67. The molecule has 4 nitrogen and oxygen atoms in total. The van der Waals surface area contributed by atoms with Gasteiger partial charge < -0.3 is 15.0 Å². The van der Waals surface area contributed by atoms with Crippen LogP contribution in [0.2, 0.25) is 5.02 Å². The van der Waals surface area contributed by atoms with E-state index in [1.54, 1.807) is 0 Å². The average Bonchev–Trinajstić information content (AvgIpc) is 2.72. The highest BCUT2D eigenvalue weighted by atomic mass is 35.5. The van der Waals surface area contributed by atoms with E-state index >= 15 is 0 Å². The molecule has 0 saturated carbocycles. The number of amides is 1. The van der Waals surface area contributed by atoms with Crippen LogP contribution in [0.25, 0.3) is 0 Å². The molecule has 1 saturated heterocycles. The Morgan fingerprint density at radius 1 is 1.15 bits per heavy atom. The predicted molar refractivity (Wildman–Crippen MR) is 109 cm³/mol. The smallest absolute Gasteiger partial charge is 0.257 e. The van der Waals surface area contributed by atoms with Crippen LogP contribution in [0.15, 0.2) is 48.5 Å². The van der Waals surface area contributed by atoms with Gasteiger partial charge in [0.25, 0.3) is 5.91 Å². The van der Waals surface area contributed by atoms with Gasteiger partial charge in [0.05, 0.1) is 5.56 Å². The zero-order valence-corrected chi connectivity index (χ0v) is 16.5. The first-order valence-corrected chi connectivity index (χ1v) is 9.96. The lowest BCUT2D eigenvalue weighted by molar-refractivity contribution is 0.0682. The van der Waals surface area contributed by atoms with Crippen molar-refractivity contribution in [1.82, 2.24) is 10.2 Å². The molecule has 1 heterocycles. The van der Waals surface area contributed by atoms with Gasteiger partial charge in [-0.3, -0.25) is 4.79 Å². The molecule has 1 N–H and O–H groups in total. The van der Waals surface area contributed by atoms with Crippen LogP contribution >= 0.6 is 11.6 Å². The van der Waals surface area contributed by atoms with Crippen LogP contribution in [0.3, 0.4) is 0 Å². The minimum absolute atomic E-state index is 0.0526. The molecule has 2 aromatic rings. The molecule has 27 heavy (non-hydrogen) atoms. The Morgan fingerprint density at radius 3 is 2.59 bits per heavy atom. The van der Waals surface area contributed by atoms with Crippen molar-refractivity contribution in [3.8, 4) is 5.75 Å². The monoisotopic (exact) mass is 386 g/mol. The average molecular weight is 387 g/mol. The van der Waals surface area contributed by atoms with E-state index in [1.165, 1.54) is 6.42 Å². The molecule has 1 aliphatic heterocycles. The fourth-order valence-electron chi connectivity index (χ4n) is 3.48. The van der Waals surface area contributed by atoms with Crippen LogP contribution in [-0.2, 0) is 6.61 Å². The molecule has 1 fully saturated rings. The Hall–Kier alpha value is -2.04. The lowest BCUT2D eigenvalue weighted by Crippen LogP contribution is -2.39. The summed E-state index contributed by atoms with van der Waals surface area (Å²) in [5.74, 6) is 1.37. The summed E-state index contributed by atoms with van der Waals surface area (Å²) in [6, 6.07) is 15.1. The maximum atomic E-state index is 13.0. The molecule has 5 heteroatoms. The number of carbonyl (C=O) groups excluding carboxylic acids is 1. The lowest BCUT2D eigenvalue weighted by atomic mass is 9.93. The number of hydrogen-bond donors (Lipinski definition) is 1. The van der Waals surface area contributed by atoms with E-state index in [0.717, 1.165) is 38.0 Å². The van der Waals surface area contributed by atoms with Gasteiger partial charge in [-0.15, -0.1) is 0 Å². The van der Waals surface area contributed by atoms with Crippen LogP contribution in [0.1, 0.15) is 35.2 Å². The van der Waals surface area contributed by atoms with Gasteiger partial charge >= 0.3 is 0 Å². The molecule has 0 aromatic heterocycles. The Kier molecular flexibility index (Phi) is 7.13. The second kappa shape index (κ2) is 9.77. The largest absolute Gasteiger partial charge is 0.488 e. The first kappa shape index (κ1) is 19.7. The molecule has 0 radical (unpaired) electrons. The molecular formula is C22H27ClN2O2. The highest BCUT2D eigenvalue weighted by Gasteiger charge is 2.25. The number of nitrogens with zero attached hydrogens (tertiary/aromatic N) is 1. The lowest BCUT2D eigenvalue weighted by Gasteiger charge is -2.32. The van der Waals surface area contributed by atoms with E-state index in [-0.39, 0.29) is 5.91 Å². The molecule has 1 amide bonds. The van der Waals surface area contributed by atoms with Gasteiger partial charge in [0.1, 0.15) is 12.4 Å². The number of carbonyl (C=O) groups is 1. The molecule has 0 atom stereocenters. The van der Waals surface area contributed by atoms with Gasteiger partial charge in [-0.05, 0) is 57.0 Å². The number of para-hydroxylation sites is 1. The summed E-state index contributed by atoms with van der Waals surface area (Å²) in [7, 11) is 1.98. The number of rotatable bonds is 7. The summed E-state index contributed by atoms with van der Waals surface area (Å²) in [4.78, 5) is 15.0. The second-order valence-corrected chi connectivity index (χ2v) is 7.41. The number of ether oxygens (including phenoxy) is 1. The van der Waals surface area contributed by atoms with E-state index in [1.807, 2.05) is 60.5 Å². The topological polar surface area (TPSA) is 41.6 Å².